The third-order valence-corrected chi connectivity index (χ3v) is 5.26. The molecule has 1 aliphatic heterocycles. The summed E-state index contributed by atoms with van der Waals surface area (Å²) in [5.74, 6) is -0.165. The minimum atomic E-state index is -3.55. The van der Waals surface area contributed by atoms with Crippen LogP contribution in [0.4, 0.5) is 4.79 Å². The number of nitrogens with one attached hydrogen (secondary N) is 1. The van der Waals surface area contributed by atoms with Gasteiger partial charge in [0.15, 0.2) is 0 Å². The highest BCUT2D eigenvalue weighted by Gasteiger charge is 2.29. The molecule has 1 amide bonds. The molecule has 0 spiro atoms. The Balaban J connectivity index is 1.95. The summed E-state index contributed by atoms with van der Waals surface area (Å²) in [6.07, 6.45) is 0.961. The second-order valence-electron chi connectivity index (χ2n) is 7.45. The monoisotopic (exact) mass is 379 g/mol. The van der Waals surface area contributed by atoms with Crippen LogP contribution in [0.1, 0.15) is 44.7 Å². The number of carbonyl (C=O) groups excluding carboxylic acids is 1. The van der Waals surface area contributed by atoms with E-state index < -0.39 is 21.7 Å². The van der Waals surface area contributed by atoms with Crippen LogP contribution in [0.3, 0.4) is 0 Å². The van der Waals surface area contributed by atoms with Gasteiger partial charge in [0.2, 0.25) is 10.0 Å². The number of hydrogen-bond donors (Lipinski definition) is 1. The van der Waals surface area contributed by atoms with Crippen LogP contribution in [0.15, 0.2) is 24.3 Å². The second-order valence-corrected chi connectivity index (χ2v) is 9.21. The Kier molecular flexibility index (Phi) is 6.26. The highest BCUT2D eigenvalue weighted by molar-refractivity contribution is 7.88. The first-order valence-corrected chi connectivity index (χ1v) is 10.2. The molecular formula is C18H25N3O4S. The predicted octanol–water partition coefficient (Wildman–Crippen LogP) is 2.38. The maximum atomic E-state index is 12.4. The number of piperidine rings is 1. The fraction of sp³-hybridized carbons (Fsp3) is 0.556. The Morgan fingerprint density at radius 2 is 2.00 bits per heavy atom. The van der Waals surface area contributed by atoms with Crippen LogP contribution in [-0.2, 0) is 20.5 Å². The predicted molar refractivity (Wildman–Crippen MR) is 97.7 cm³/mol. The van der Waals surface area contributed by atoms with Gasteiger partial charge in [0.05, 0.1) is 17.4 Å². The minimum absolute atomic E-state index is 0.165. The van der Waals surface area contributed by atoms with Gasteiger partial charge in [0, 0.05) is 19.1 Å². The largest absolute Gasteiger partial charge is 0.444 e. The first kappa shape index (κ1) is 20.2. The summed E-state index contributed by atoms with van der Waals surface area (Å²) in [6, 6.07) is 8.11. The van der Waals surface area contributed by atoms with Gasteiger partial charge in [0.1, 0.15) is 5.60 Å². The SMILES string of the molecule is CC(C)(C)OC(=O)N1CCCC(NS(=O)(=O)Cc2ccc(C#N)cc2)C1. The zero-order valence-corrected chi connectivity index (χ0v) is 16.2. The number of amides is 1. The molecule has 1 aliphatic rings. The van der Waals surface area contributed by atoms with Gasteiger partial charge in [0.25, 0.3) is 0 Å². The number of rotatable bonds is 4. The Bertz CT molecular complexity index is 776. The van der Waals surface area contributed by atoms with Crippen molar-refractivity contribution < 1.29 is 17.9 Å². The average Bonchev–Trinajstić information content (AvgIpc) is 2.53. The lowest BCUT2D eigenvalue weighted by atomic mass is 10.1. The standard InChI is InChI=1S/C18H25N3O4S/c1-18(2,3)25-17(22)21-10-4-5-16(12-21)20-26(23,24)13-15-8-6-14(11-19)7-9-15/h6-9,16,20H,4-5,10,12-13H2,1-3H3. The van der Waals surface area contributed by atoms with Crippen LogP contribution >= 0.6 is 0 Å². The molecule has 0 aromatic heterocycles. The smallest absolute Gasteiger partial charge is 0.410 e. The molecule has 7 nitrogen and oxygen atoms in total. The lowest BCUT2D eigenvalue weighted by Gasteiger charge is -2.34. The minimum Gasteiger partial charge on any atom is -0.444 e. The van der Waals surface area contributed by atoms with Crippen LogP contribution in [0, 0.1) is 11.3 Å². The molecule has 2 rings (SSSR count). The normalized spacial score (nSPS) is 18.2. The molecule has 142 valence electrons. The zero-order valence-electron chi connectivity index (χ0n) is 15.4. The van der Waals surface area contributed by atoms with Crippen molar-refractivity contribution in [2.24, 2.45) is 0 Å². The van der Waals surface area contributed by atoms with E-state index in [0.29, 0.717) is 37.1 Å². The van der Waals surface area contributed by atoms with Gasteiger partial charge in [-0.1, -0.05) is 12.1 Å². The molecule has 1 heterocycles. The topological polar surface area (TPSA) is 99.5 Å². The van der Waals surface area contributed by atoms with Crippen molar-refractivity contribution in [3.63, 3.8) is 0 Å². The molecule has 0 saturated carbocycles. The summed E-state index contributed by atoms with van der Waals surface area (Å²) in [6.45, 7) is 6.25. The average molecular weight is 379 g/mol. The van der Waals surface area contributed by atoms with E-state index in [2.05, 4.69) is 4.72 Å². The maximum Gasteiger partial charge on any atom is 0.410 e. The molecule has 1 atom stereocenters. The first-order chi connectivity index (χ1) is 12.1. The highest BCUT2D eigenvalue weighted by atomic mass is 32.2. The molecule has 1 unspecified atom stereocenters. The van der Waals surface area contributed by atoms with E-state index in [0.717, 1.165) is 0 Å². The lowest BCUT2D eigenvalue weighted by molar-refractivity contribution is 0.0195. The van der Waals surface area contributed by atoms with E-state index in [1.807, 2.05) is 6.07 Å². The summed E-state index contributed by atoms with van der Waals surface area (Å²) in [5.41, 5.74) is 0.509. The number of nitriles is 1. The van der Waals surface area contributed by atoms with E-state index in [9.17, 15) is 13.2 Å². The molecule has 1 fully saturated rings. The fourth-order valence-electron chi connectivity index (χ4n) is 2.76. The molecule has 8 heteroatoms. The van der Waals surface area contributed by atoms with Crippen molar-refractivity contribution in [1.82, 2.24) is 9.62 Å². The van der Waals surface area contributed by atoms with Crippen molar-refractivity contribution >= 4 is 16.1 Å². The molecule has 0 bridgehead atoms. The number of benzene rings is 1. The summed E-state index contributed by atoms with van der Waals surface area (Å²) < 4.78 is 32.9. The molecule has 1 saturated heterocycles. The Morgan fingerprint density at radius 3 is 2.58 bits per heavy atom. The number of likely N-dealkylation sites (tertiary alicyclic amines) is 1. The number of nitrogens with zero attached hydrogens (tertiary/aromatic N) is 2. The summed E-state index contributed by atoms with van der Waals surface area (Å²) >= 11 is 0. The third-order valence-electron chi connectivity index (χ3n) is 3.86. The van der Waals surface area contributed by atoms with Gasteiger partial charge in [-0.25, -0.2) is 17.9 Å². The molecule has 1 N–H and O–H groups in total. The lowest BCUT2D eigenvalue weighted by Crippen LogP contribution is -2.50. The van der Waals surface area contributed by atoms with Gasteiger partial charge in [-0.3, -0.25) is 0 Å². The van der Waals surface area contributed by atoms with Crippen LogP contribution in [0.25, 0.3) is 0 Å². The third kappa shape index (κ3) is 6.32. The van der Waals surface area contributed by atoms with Gasteiger partial charge < -0.3 is 9.64 Å². The fourth-order valence-corrected chi connectivity index (χ4v) is 4.17. The Morgan fingerprint density at radius 1 is 1.35 bits per heavy atom. The Labute approximate surface area is 155 Å². The van der Waals surface area contributed by atoms with Crippen molar-refractivity contribution in [1.29, 1.82) is 5.26 Å². The van der Waals surface area contributed by atoms with Crippen molar-refractivity contribution in [2.45, 2.75) is 51.0 Å². The van der Waals surface area contributed by atoms with Crippen LogP contribution in [0.5, 0.6) is 0 Å². The maximum absolute atomic E-state index is 12.4. The molecule has 0 radical (unpaired) electrons. The van der Waals surface area contributed by atoms with E-state index in [4.69, 9.17) is 10.00 Å². The number of sulfonamides is 1. The second kappa shape index (κ2) is 8.06. The van der Waals surface area contributed by atoms with E-state index in [-0.39, 0.29) is 11.8 Å². The van der Waals surface area contributed by atoms with Crippen molar-refractivity contribution in [2.75, 3.05) is 13.1 Å². The van der Waals surface area contributed by atoms with Gasteiger partial charge >= 0.3 is 6.09 Å². The number of ether oxygens (including phenoxy) is 1. The van der Waals surface area contributed by atoms with Crippen LogP contribution in [0.2, 0.25) is 0 Å². The van der Waals surface area contributed by atoms with Gasteiger partial charge in [-0.05, 0) is 51.3 Å². The number of hydrogen-bond acceptors (Lipinski definition) is 5. The molecule has 26 heavy (non-hydrogen) atoms. The van der Waals surface area contributed by atoms with E-state index in [1.165, 1.54) is 0 Å². The number of carbonyl (C=O) groups is 1. The van der Waals surface area contributed by atoms with Crippen LogP contribution in [-0.4, -0.2) is 44.1 Å². The van der Waals surface area contributed by atoms with E-state index >= 15 is 0 Å². The molecular weight excluding hydrogens is 354 g/mol. The summed E-state index contributed by atoms with van der Waals surface area (Å²) in [5, 5.41) is 8.79. The van der Waals surface area contributed by atoms with Crippen molar-refractivity contribution in [3.05, 3.63) is 35.4 Å². The zero-order chi connectivity index (χ0) is 19.4. The first-order valence-electron chi connectivity index (χ1n) is 8.55. The molecule has 0 aliphatic carbocycles. The van der Waals surface area contributed by atoms with Crippen LogP contribution < -0.4 is 4.72 Å². The molecule has 1 aromatic carbocycles. The molecule has 1 aromatic rings. The van der Waals surface area contributed by atoms with Gasteiger partial charge in [-0.15, -0.1) is 0 Å². The van der Waals surface area contributed by atoms with Crippen molar-refractivity contribution in [3.8, 4) is 6.07 Å². The highest BCUT2D eigenvalue weighted by Crippen LogP contribution is 2.17. The van der Waals surface area contributed by atoms with Gasteiger partial charge in [-0.2, -0.15) is 5.26 Å². The quantitative estimate of drug-likeness (QED) is 0.866. The summed E-state index contributed by atoms with van der Waals surface area (Å²) in [4.78, 5) is 13.7. The Hall–Kier alpha value is -2.11. The summed E-state index contributed by atoms with van der Waals surface area (Å²) in [7, 11) is -3.55. The van der Waals surface area contributed by atoms with E-state index in [1.54, 1.807) is 49.9 Å².